The highest BCUT2D eigenvalue weighted by molar-refractivity contribution is 5.82. The highest BCUT2D eigenvalue weighted by Crippen LogP contribution is 2.40. The van der Waals surface area contributed by atoms with Gasteiger partial charge in [-0.05, 0) is 55.7 Å². The lowest BCUT2D eigenvalue weighted by atomic mass is 9.81. The maximum absolute atomic E-state index is 12.3. The fourth-order valence-corrected chi connectivity index (χ4v) is 6.07. The molecule has 1 N–H and O–H groups in total. The second kappa shape index (κ2) is 10.9. The van der Waals surface area contributed by atoms with Gasteiger partial charge in [-0.25, -0.2) is 9.78 Å². The van der Waals surface area contributed by atoms with Gasteiger partial charge in [0.2, 0.25) is 0 Å². The zero-order valence-electron chi connectivity index (χ0n) is 21.6. The molecule has 8 nitrogen and oxygen atoms in total. The molecule has 1 aliphatic carbocycles. The van der Waals surface area contributed by atoms with Crippen LogP contribution in [0.5, 0.6) is 0 Å². The Hall–Kier alpha value is -3.39. The molecule has 0 bridgehead atoms. The van der Waals surface area contributed by atoms with Crippen molar-refractivity contribution in [3.05, 3.63) is 65.0 Å². The van der Waals surface area contributed by atoms with Gasteiger partial charge < -0.3 is 24.0 Å². The van der Waals surface area contributed by atoms with E-state index in [1.165, 1.54) is 18.2 Å². The first-order valence-corrected chi connectivity index (χ1v) is 13.1. The second-order valence-corrected chi connectivity index (χ2v) is 10.2. The molecule has 2 aromatic carbocycles. The third-order valence-electron chi connectivity index (χ3n) is 8.00. The molecular weight excluding hydrogens is 470 g/mol. The molecule has 3 aromatic rings. The van der Waals surface area contributed by atoms with Crippen LogP contribution in [0.3, 0.4) is 0 Å². The smallest absolute Gasteiger partial charge is 0.409 e. The molecule has 0 unspecified atom stereocenters. The number of benzene rings is 2. The van der Waals surface area contributed by atoms with Gasteiger partial charge in [0.05, 0.1) is 43.3 Å². The molecule has 2 heterocycles. The first-order chi connectivity index (χ1) is 18.0. The van der Waals surface area contributed by atoms with Crippen LogP contribution in [-0.4, -0.2) is 59.0 Å². The number of aliphatic carboxylic acids is 1. The Morgan fingerprint density at radius 2 is 1.84 bits per heavy atom. The van der Waals surface area contributed by atoms with Crippen LogP contribution in [0, 0.1) is 5.92 Å². The number of carbonyl (C=O) groups excluding carboxylic acids is 1. The van der Waals surface area contributed by atoms with E-state index in [1.807, 2.05) is 6.07 Å². The van der Waals surface area contributed by atoms with Crippen molar-refractivity contribution in [1.29, 1.82) is 0 Å². The Labute approximate surface area is 217 Å². The molecule has 1 amide bonds. The quantitative estimate of drug-likeness (QED) is 0.488. The number of ether oxygens (including phenoxy) is 2. The number of hydrogen-bond donors (Lipinski definition) is 1. The fraction of sp³-hybridized carbons (Fsp3) is 0.483. The van der Waals surface area contributed by atoms with Gasteiger partial charge in [-0.2, -0.15) is 0 Å². The van der Waals surface area contributed by atoms with Gasteiger partial charge >= 0.3 is 12.1 Å². The molecule has 37 heavy (non-hydrogen) atoms. The van der Waals surface area contributed by atoms with Crippen LogP contribution in [-0.2, 0) is 33.7 Å². The van der Waals surface area contributed by atoms with Crippen LogP contribution in [0.15, 0.2) is 42.5 Å². The number of nitrogens with zero attached hydrogens (tertiary/aromatic N) is 3. The van der Waals surface area contributed by atoms with E-state index >= 15 is 0 Å². The average molecular weight is 506 g/mol. The van der Waals surface area contributed by atoms with Crippen molar-refractivity contribution in [2.75, 3.05) is 27.4 Å². The first kappa shape index (κ1) is 25.3. The molecular formula is C29H35N3O5. The number of hydrogen-bond acceptors (Lipinski definition) is 5. The minimum atomic E-state index is -0.703. The van der Waals surface area contributed by atoms with Gasteiger partial charge in [0.25, 0.3) is 0 Å². The lowest BCUT2D eigenvalue weighted by molar-refractivity contribution is -0.142. The zero-order valence-corrected chi connectivity index (χ0v) is 21.6. The van der Waals surface area contributed by atoms with E-state index in [4.69, 9.17) is 14.5 Å². The standard InChI is InChI=1S/C29H35N3O5/c1-36-18-23(16-19-6-4-3-5-7-19)32-25-13-12-20-14-15-31(29(35)37-2)17-24(20)26(25)30-27(32)21-8-10-22(11-9-21)28(33)34/h3-7,12-13,21-23H,8-11,14-18H2,1-2H3,(H,33,34)/t21-,22-,23-/m0/s1. The van der Waals surface area contributed by atoms with Crippen LogP contribution in [0.4, 0.5) is 4.79 Å². The predicted molar refractivity (Wildman–Crippen MR) is 140 cm³/mol. The van der Waals surface area contributed by atoms with Gasteiger partial charge in [0.15, 0.2) is 0 Å². The number of aromatic nitrogens is 2. The van der Waals surface area contributed by atoms with E-state index in [-0.39, 0.29) is 24.0 Å². The topological polar surface area (TPSA) is 93.9 Å². The van der Waals surface area contributed by atoms with E-state index in [0.29, 0.717) is 32.5 Å². The normalized spacial score (nSPS) is 20.4. The third-order valence-corrected chi connectivity index (χ3v) is 8.00. The molecule has 196 valence electrons. The molecule has 1 fully saturated rings. The van der Waals surface area contributed by atoms with Gasteiger partial charge in [0, 0.05) is 25.1 Å². The van der Waals surface area contributed by atoms with Crippen molar-refractivity contribution in [2.24, 2.45) is 5.92 Å². The van der Waals surface area contributed by atoms with E-state index in [0.717, 1.165) is 48.1 Å². The molecule has 8 heteroatoms. The lowest BCUT2D eigenvalue weighted by Crippen LogP contribution is -2.35. The summed E-state index contributed by atoms with van der Waals surface area (Å²) in [6.45, 7) is 1.62. The number of rotatable bonds is 7. The van der Waals surface area contributed by atoms with Crippen LogP contribution < -0.4 is 0 Å². The third kappa shape index (κ3) is 5.07. The van der Waals surface area contributed by atoms with Gasteiger partial charge in [-0.1, -0.05) is 36.4 Å². The molecule has 0 radical (unpaired) electrons. The summed E-state index contributed by atoms with van der Waals surface area (Å²) in [4.78, 5) is 30.9. The van der Waals surface area contributed by atoms with Crippen LogP contribution >= 0.6 is 0 Å². The van der Waals surface area contributed by atoms with Crippen molar-refractivity contribution < 1.29 is 24.2 Å². The van der Waals surface area contributed by atoms with E-state index in [1.54, 1.807) is 12.0 Å². The molecule has 1 saturated carbocycles. The summed E-state index contributed by atoms with van der Waals surface area (Å²) >= 11 is 0. The van der Waals surface area contributed by atoms with E-state index < -0.39 is 5.97 Å². The number of methoxy groups -OCH3 is 2. The molecule has 1 aromatic heterocycles. The number of imidazole rings is 1. The Morgan fingerprint density at radius 3 is 2.51 bits per heavy atom. The van der Waals surface area contributed by atoms with Crippen molar-refractivity contribution in [1.82, 2.24) is 14.5 Å². The molecule has 5 rings (SSSR count). The highest BCUT2D eigenvalue weighted by Gasteiger charge is 2.33. The average Bonchev–Trinajstić information content (AvgIpc) is 3.33. The Kier molecular flexibility index (Phi) is 7.46. The van der Waals surface area contributed by atoms with Crippen LogP contribution in [0.1, 0.15) is 60.2 Å². The Bertz CT molecular complexity index is 1260. The van der Waals surface area contributed by atoms with E-state index in [9.17, 15) is 14.7 Å². The highest BCUT2D eigenvalue weighted by atomic mass is 16.5. The SMILES string of the molecule is COC[C@H](Cc1ccccc1)n1c2ccc3c(c2nc1[C@H]1CC[C@H](C(=O)O)CC1)CN(C(=O)OC)CC3. The monoisotopic (exact) mass is 505 g/mol. The number of carbonyl (C=O) groups is 2. The molecule has 1 aliphatic heterocycles. The fourth-order valence-electron chi connectivity index (χ4n) is 6.07. The molecule has 1 atom stereocenters. The van der Waals surface area contributed by atoms with Crippen LogP contribution in [0.25, 0.3) is 11.0 Å². The maximum atomic E-state index is 12.3. The lowest BCUT2D eigenvalue weighted by Gasteiger charge is -2.29. The van der Waals surface area contributed by atoms with Crippen molar-refractivity contribution in [3.63, 3.8) is 0 Å². The Balaban J connectivity index is 1.60. The summed E-state index contributed by atoms with van der Waals surface area (Å²) in [7, 11) is 3.14. The van der Waals surface area contributed by atoms with Gasteiger partial charge in [0.1, 0.15) is 5.82 Å². The molecule has 0 saturated heterocycles. The molecule has 2 aliphatic rings. The van der Waals surface area contributed by atoms with Crippen LogP contribution in [0.2, 0.25) is 0 Å². The number of carboxylic acids is 1. The summed E-state index contributed by atoms with van der Waals surface area (Å²) < 4.78 is 13.1. The summed E-state index contributed by atoms with van der Waals surface area (Å²) in [5, 5.41) is 9.53. The van der Waals surface area contributed by atoms with Gasteiger partial charge in [-0.3, -0.25) is 4.79 Å². The minimum absolute atomic E-state index is 0.0305. The maximum Gasteiger partial charge on any atom is 0.409 e. The largest absolute Gasteiger partial charge is 0.481 e. The summed E-state index contributed by atoms with van der Waals surface area (Å²) in [6.07, 6.45) is 4.14. The summed E-state index contributed by atoms with van der Waals surface area (Å²) in [5.74, 6) is 0.189. The number of amides is 1. The van der Waals surface area contributed by atoms with Crippen molar-refractivity contribution >= 4 is 23.1 Å². The minimum Gasteiger partial charge on any atom is -0.481 e. The number of fused-ring (bicyclic) bond motifs is 3. The second-order valence-electron chi connectivity index (χ2n) is 10.2. The summed E-state index contributed by atoms with van der Waals surface area (Å²) in [5.41, 5.74) is 5.48. The van der Waals surface area contributed by atoms with Gasteiger partial charge in [-0.15, -0.1) is 0 Å². The van der Waals surface area contributed by atoms with Crippen molar-refractivity contribution in [2.45, 2.75) is 57.0 Å². The molecule has 0 spiro atoms. The summed E-state index contributed by atoms with van der Waals surface area (Å²) in [6, 6.07) is 14.8. The van der Waals surface area contributed by atoms with Crippen molar-refractivity contribution in [3.8, 4) is 0 Å². The predicted octanol–water partition coefficient (Wildman–Crippen LogP) is 4.95. The van der Waals surface area contributed by atoms with E-state index in [2.05, 4.69) is 41.0 Å². The number of carboxylic acid groups (broad SMARTS) is 1. The Morgan fingerprint density at radius 1 is 1.08 bits per heavy atom. The zero-order chi connectivity index (χ0) is 25.9. The first-order valence-electron chi connectivity index (χ1n) is 13.1.